The Balaban J connectivity index is 1.32. The molecule has 1 aliphatic carbocycles. The fourth-order valence-corrected chi connectivity index (χ4v) is 5.45. The molecule has 11 nitrogen and oxygen atoms in total. The summed E-state index contributed by atoms with van der Waals surface area (Å²) in [5.74, 6) is 0.770. The third kappa shape index (κ3) is 8.04. The molecule has 1 aliphatic heterocycles. The number of nitro groups is 1. The normalized spacial score (nSPS) is 19.5. The van der Waals surface area contributed by atoms with Crippen molar-refractivity contribution in [1.29, 1.82) is 0 Å². The number of ether oxygens (including phenoxy) is 3. The number of carbonyl (C=O) groups is 2. The molecule has 4 rings (SSSR count). The van der Waals surface area contributed by atoms with Gasteiger partial charge in [-0.3, -0.25) is 14.9 Å². The van der Waals surface area contributed by atoms with Crippen LogP contribution in [0.4, 0.5) is 21.9 Å². The van der Waals surface area contributed by atoms with E-state index in [1.54, 1.807) is 30.2 Å². The topological polar surface area (TPSA) is 132 Å². The molecular formula is C31H42N4O7. The second-order valence-electron chi connectivity index (χ2n) is 12.1. The number of aryl methyl sites for hydroxylation is 1. The van der Waals surface area contributed by atoms with Gasteiger partial charge in [0, 0.05) is 49.6 Å². The zero-order chi connectivity index (χ0) is 30.4. The number of nitrogens with one attached hydrogen (secondary N) is 2. The fraction of sp³-hybridized carbons (Fsp3) is 0.548. The molecule has 0 atom stereocenters. The highest BCUT2D eigenvalue weighted by Crippen LogP contribution is 2.38. The molecule has 1 saturated carbocycles. The average Bonchev–Trinajstić information content (AvgIpc) is 2.94. The SMILES string of the molecule is COc1cc(NC(=O)C2CCC(Nc3cccc(OC4CCN(C(=O)OC(C)(C)C)CC4)c3[N+](=O)[O-])CC2)ccc1C. The van der Waals surface area contributed by atoms with E-state index >= 15 is 0 Å². The van der Waals surface area contributed by atoms with Crippen LogP contribution in [-0.4, -0.2) is 59.8 Å². The minimum Gasteiger partial charge on any atom is -0.496 e. The Labute approximate surface area is 247 Å². The lowest BCUT2D eigenvalue weighted by Crippen LogP contribution is -2.44. The van der Waals surface area contributed by atoms with Gasteiger partial charge in [0.15, 0.2) is 5.75 Å². The number of hydrogen-bond acceptors (Lipinski definition) is 8. The number of rotatable bonds is 8. The number of hydrogen-bond donors (Lipinski definition) is 2. The molecule has 0 radical (unpaired) electrons. The minimum absolute atomic E-state index is 0.000429. The van der Waals surface area contributed by atoms with Crippen LogP contribution in [0.15, 0.2) is 36.4 Å². The van der Waals surface area contributed by atoms with Crippen molar-refractivity contribution in [1.82, 2.24) is 4.90 Å². The molecule has 0 spiro atoms. The monoisotopic (exact) mass is 582 g/mol. The molecule has 2 fully saturated rings. The number of anilines is 2. The lowest BCUT2D eigenvalue weighted by molar-refractivity contribution is -0.385. The second kappa shape index (κ2) is 13.3. The van der Waals surface area contributed by atoms with E-state index < -0.39 is 10.5 Å². The first-order chi connectivity index (χ1) is 19.9. The minimum atomic E-state index is -0.569. The van der Waals surface area contributed by atoms with Crippen LogP contribution in [-0.2, 0) is 9.53 Å². The largest absolute Gasteiger partial charge is 0.496 e. The highest BCUT2D eigenvalue weighted by Gasteiger charge is 2.32. The first-order valence-corrected chi connectivity index (χ1v) is 14.6. The maximum atomic E-state index is 12.9. The van der Waals surface area contributed by atoms with E-state index in [1.165, 1.54) is 0 Å². The van der Waals surface area contributed by atoms with E-state index in [9.17, 15) is 19.7 Å². The molecule has 42 heavy (non-hydrogen) atoms. The molecule has 2 amide bonds. The van der Waals surface area contributed by atoms with Crippen molar-refractivity contribution in [3.63, 3.8) is 0 Å². The van der Waals surface area contributed by atoms with Gasteiger partial charge in [-0.05, 0) is 77.1 Å². The first-order valence-electron chi connectivity index (χ1n) is 14.6. The zero-order valence-electron chi connectivity index (χ0n) is 25.1. The Hall–Kier alpha value is -4.02. The average molecular weight is 583 g/mol. The third-order valence-electron chi connectivity index (χ3n) is 7.70. The quantitative estimate of drug-likeness (QED) is 0.274. The summed E-state index contributed by atoms with van der Waals surface area (Å²) in [6, 6.07) is 10.6. The Morgan fingerprint density at radius 2 is 1.69 bits per heavy atom. The van der Waals surface area contributed by atoms with E-state index in [0.29, 0.717) is 63.0 Å². The number of nitrogens with zero attached hydrogens (tertiary/aromatic N) is 2. The Kier molecular flexibility index (Phi) is 9.80. The molecule has 2 N–H and O–H groups in total. The van der Waals surface area contributed by atoms with Gasteiger partial charge in [-0.15, -0.1) is 0 Å². The van der Waals surface area contributed by atoms with Gasteiger partial charge in [0.25, 0.3) is 0 Å². The highest BCUT2D eigenvalue weighted by molar-refractivity contribution is 5.92. The summed E-state index contributed by atoms with van der Waals surface area (Å²) in [6.07, 6.45) is 3.26. The number of benzene rings is 2. The summed E-state index contributed by atoms with van der Waals surface area (Å²) in [6.45, 7) is 8.34. The third-order valence-corrected chi connectivity index (χ3v) is 7.70. The molecule has 11 heteroatoms. The lowest BCUT2D eigenvalue weighted by atomic mass is 9.85. The number of amides is 2. The van der Waals surface area contributed by atoms with Crippen LogP contribution in [0.1, 0.15) is 64.9 Å². The Morgan fingerprint density at radius 1 is 1.00 bits per heavy atom. The summed E-state index contributed by atoms with van der Waals surface area (Å²) in [5.41, 5.74) is 1.43. The van der Waals surface area contributed by atoms with E-state index in [4.69, 9.17) is 14.2 Å². The van der Waals surface area contributed by atoms with E-state index in [2.05, 4.69) is 10.6 Å². The van der Waals surface area contributed by atoms with Crippen LogP contribution in [0.5, 0.6) is 11.5 Å². The van der Waals surface area contributed by atoms with E-state index in [1.807, 2.05) is 45.9 Å². The molecule has 2 aromatic rings. The molecule has 228 valence electrons. The molecule has 2 aliphatic rings. The van der Waals surface area contributed by atoms with Crippen molar-refractivity contribution in [2.24, 2.45) is 5.92 Å². The van der Waals surface area contributed by atoms with Crippen LogP contribution in [0, 0.1) is 23.0 Å². The van der Waals surface area contributed by atoms with Gasteiger partial charge in [-0.2, -0.15) is 0 Å². The van der Waals surface area contributed by atoms with Crippen molar-refractivity contribution < 1.29 is 28.7 Å². The van der Waals surface area contributed by atoms with Crippen molar-refractivity contribution in [3.05, 3.63) is 52.1 Å². The van der Waals surface area contributed by atoms with Crippen LogP contribution in [0.2, 0.25) is 0 Å². The van der Waals surface area contributed by atoms with Gasteiger partial charge in [-0.25, -0.2) is 4.79 Å². The lowest BCUT2D eigenvalue weighted by Gasteiger charge is -2.33. The van der Waals surface area contributed by atoms with Gasteiger partial charge < -0.3 is 29.7 Å². The maximum absolute atomic E-state index is 12.9. The number of likely N-dealkylation sites (tertiary alicyclic amines) is 1. The number of nitro benzene ring substituents is 1. The molecule has 0 aromatic heterocycles. The second-order valence-corrected chi connectivity index (χ2v) is 12.1. The van der Waals surface area contributed by atoms with Crippen LogP contribution in [0.3, 0.4) is 0 Å². The van der Waals surface area contributed by atoms with Gasteiger partial charge in [0.05, 0.1) is 12.0 Å². The predicted molar refractivity (Wildman–Crippen MR) is 160 cm³/mol. The van der Waals surface area contributed by atoms with Gasteiger partial charge >= 0.3 is 11.8 Å². The number of piperidine rings is 1. The van der Waals surface area contributed by atoms with Crippen molar-refractivity contribution in [3.8, 4) is 11.5 Å². The van der Waals surface area contributed by atoms with Crippen LogP contribution in [0.25, 0.3) is 0 Å². The molecular weight excluding hydrogens is 540 g/mol. The Bertz CT molecular complexity index is 1280. The zero-order valence-corrected chi connectivity index (χ0v) is 25.1. The molecule has 0 unspecified atom stereocenters. The summed E-state index contributed by atoms with van der Waals surface area (Å²) in [7, 11) is 1.60. The van der Waals surface area contributed by atoms with E-state index in [-0.39, 0.29) is 41.5 Å². The first kappa shape index (κ1) is 30.9. The number of carbonyl (C=O) groups excluding carboxylic acids is 2. The summed E-state index contributed by atoms with van der Waals surface area (Å²) in [5, 5.41) is 18.5. The Morgan fingerprint density at radius 3 is 2.31 bits per heavy atom. The summed E-state index contributed by atoms with van der Waals surface area (Å²) < 4.78 is 16.9. The summed E-state index contributed by atoms with van der Waals surface area (Å²) >= 11 is 0. The van der Waals surface area contributed by atoms with Crippen LogP contribution >= 0.6 is 0 Å². The van der Waals surface area contributed by atoms with Gasteiger partial charge in [-0.1, -0.05) is 12.1 Å². The maximum Gasteiger partial charge on any atom is 0.410 e. The smallest absolute Gasteiger partial charge is 0.410 e. The number of methoxy groups -OCH3 is 1. The highest BCUT2D eigenvalue weighted by atomic mass is 16.6. The molecule has 1 saturated heterocycles. The standard InChI is InChI=1S/C31H42N4O7/c1-20-9-12-23(19-27(20)40-5)33-29(36)21-10-13-22(14-11-21)32-25-7-6-8-26(28(25)35(38)39)41-24-15-17-34(18-16-24)30(37)42-31(2,3)4/h6-9,12,19,21-22,24,32H,10-11,13-18H2,1-5H3,(H,33,36). The number of para-hydroxylation sites is 1. The summed E-state index contributed by atoms with van der Waals surface area (Å²) in [4.78, 5) is 38.6. The molecule has 0 bridgehead atoms. The molecule has 1 heterocycles. The van der Waals surface area contributed by atoms with E-state index in [0.717, 1.165) is 11.3 Å². The van der Waals surface area contributed by atoms with Gasteiger partial charge in [0.1, 0.15) is 23.1 Å². The van der Waals surface area contributed by atoms with Crippen molar-refractivity contribution in [2.75, 3.05) is 30.8 Å². The van der Waals surface area contributed by atoms with Gasteiger partial charge in [0.2, 0.25) is 5.91 Å². The van der Waals surface area contributed by atoms with Crippen LogP contribution < -0.4 is 20.1 Å². The van der Waals surface area contributed by atoms with Crippen molar-refractivity contribution >= 4 is 29.1 Å². The van der Waals surface area contributed by atoms with Crippen molar-refractivity contribution in [2.45, 2.75) is 84.0 Å². The molecule has 2 aromatic carbocycles. The fourth-order valence-electron chi connectivity index (χ4n) is 5.45. The predicted octanol–water partition coefficient (Wildman–Crippen LogP) is 6.30.